The molecule has 3 atom stereocenters. The highest BCUT2D eigenvalue weighted by Crippen LogP contribution is 2.30. The van der Waals surface area contributed by atoms with Crippen molar-refractivity contribution in [3.05, 3.63) is 11.6 Å². The molecular weight excluding hydrogens is 365 g/mol. The van der Waals surface area contributed by atoms with E-state index >= 15 is 0 Å². The number of hydrogen-bond acceptors (Lipinski definition) is 6. The Morgan fingerprint density at radius 2 is 2.20 bits per heavy atom. The number of nitrogens with one attached hydrogen (secondary N) is 2. The summed E-state index contributed by atoms with van der Waals surface area (Å²) in [5.41, 5.74) is 0.425. The van der Waals surface area contributed by atoms with Gasteiger partial charge in [0.2, 0.25) is 5.91 Å². The molecule has 25 heavy (non-hydrogen) atoms. The maximum Gasteiger partial charge on any atom is 0.368 e. The van der Waals surface area contributed by atoms with E-state index in [9.17, 15) is 27.2 Å². The molecule has 1 fully saturated rings. The molecule has 2 aliphatic rings. The molecule has 2 bridgehead atoms. The molecule has 0 aliphatic carbocycles. The van der Waals surface area contributed by atoms with Crippen LogP contribution in [0.5, 0.6) is 0 Å². The van der Waals surface area contributed by atoms with Gasteiger partial charge in [0.15, 0.2) is 0 Å². The maximum absolute atomic E-state index is 13.2. The molecule has 0 saturated carbocycles. The van der Waals surface area contributed by atoms with Gasteiger partial charge in [-0.3, -0.25) is 4.79 Å². The minimum absolute atomic E-state index is 0.0246. The monoisotopic (exact) mass is 381 g/mol. The van der Waals surface area contributed by atoms with Gasteiger partial charge in [0.05, 0.1) is 19.3 Å². The second-order valence-electron chi connectivity index (χ2n) is 5.31. The number of rotatable bonds is 7. The lowest BCUT2D eigenvalue weighted by Gasteiger charge is -2.29. The Bertz CT molecular complexity index is 726. The van der Waals surface area contributed by atoms with Crippen molar-refractivity contribution in [2.24, 2.45) is 5.14 Å². The molecule has 0 aromatic carbocycles. The van der Waals surface area contributed by atoms with Crippen LogP contribution in [0, 0.1) is 0 Å². The fraction of sp³-hybridized carbons (Fsp3) is 0.545. The Morgan fingerprint density at radius 3 is 2.76 bits per heavy atom. The number of nitrogens with two attached hydrogens (primary N) is 1. The average molecular weight is 381 g/mol. The lowest BCUT2D eigenvalue weighted by molar-refractivity contribution is -0.219. The van der Waals surface area contributed by atoms with Crippen LogP contribution in [0.3, 0.4) is 0 Å². The van der Waals surface area contributed by atoms with Gasteiger partial charge in [-0.2, -0.15) is 18.2 Å². The van der Waals surface area contributed by atoms with Gasteiger partial charge < -0.3 is 15.3 Å². The molecule has 1 saturated heterocycles. The molecule has 0 spiro atoms. The fourth-order valence-electron chi connectivity index (χ4n) is 2.54. The molecule has 5 N–H and O–H groups in total. The number of amides is 3. The summed E-state index contributed by atoms with van der Waals surface area (Å²) in [5.74, 6) is -2.60. The van der Waals surface area contributed by atoms with Crippen LogP contribution >= 0.6 is 0 Å². The van der Waals surface area contributed by atoms with Crippen LogP contribution in [0.4, 0.5) is 9.18 Å². The normalized spacial score (nSPS) is 24.1. The van der Waals surface area contributed by atoms with Crippen molar-refractivity contribution in [2.75, 3.05) is 13.2 Å². The molecule has 0 unspecified atom stereocenters. The predicted molar refractivity (Wildman–Crippen MR) is 78.1 cm³/mol. The van der Waals surface area contributed by atoms with Crippen LogP contribution in [0.15, 0.2) is 11.6 Å². The molecule has 12 nitrogen and oxygen atoms in total. The first-order valence-corrected chi connectivity index (χ1v) is 8.43. The van der Waals surface area contributed by atoms with E-state index in [1.165, 1.54) is 13.0 Å². The number of halogens is 1. The molecule has 2 heterocycles. The van der Waals surface area contributed by atoms with Crippen LogP contribution in [0.2, 0.25) is 0 Å². The van der Waals surface area contributed by atoms with Crippen LogP contribution < -0.4 is 15.2 Å². The van der Waals surface area contributed by atoms with Gasteiger partial charge in [0.1, 0.15) is 6.04 Å². The van der Waals surface area contributed by atoms with Gasteiger partial charge in [-0.1, -0.05) is 6.08 Å². The highest BCUT2D eigenvalue weighted by atomic mass is 32.2. The van der Waals surface area contributed by atoms with Crippen molar-refractivity contribution in [1.29, 1.82) is 0 Å². The van der Waals surface area contributed by atoms with E-state index in [-0.39, 0.29) is 6.54 Å². The number of hydroxylamine groups is 2. The minimum atomic E-state index is -4.00. The van der Waals surface area contributed by atoms with Crippen molar-refractivity contribution < 1.29 is 37.1 Å². The number of alkyl halides is 1. The maximum atomic E-state index is 13.2. The lowest BCUT2D eigenvalue weighted by atomic mass is 10.0. The first-order valence-electron chi connectivity index (χ1n) is 6.88. The van der Waals surface area contributed by atoms with Crippen molar-refractivity contribution in [2.45, 2.75) is 25.4 Å². The quantitative estimate of drug-likeness (QED) is 0.281. The Labute approximate surface area is 141 Å². The molecular formula is C11H16FN5O7S. The number of nitrogens with zero attached hydrogens (tertiary/aromatic N) is 2. The Balaban J connectivity index is 2.08. The zero-order valence-electron chi connectivity index (χ0n) is 12.9. The van der Waals surface area contributed by atoms with E-state index in [0.29, 0.717) is 10.6 Å². The number of carboxylic acid groups (broad SMARTS) is 1. The summed E-state index contributed by atoms with van der Waals surface area (Å²) in [7, 11) is -4.00. The summed E-state index contributed by atoms with van der Waals surface area (Å²) >= 11 is 0. The molecule has 2 aliphatic heterocycles. The SMILES string of the molecule is CC1=C[C@@H]2CN(C(=O)N2O[C@@H](F)C(=O)O)[C@@H]1C(=O)NCNS(N)(=O)=O. The number of urea groups is 1. The third-order valence-corrected chi connectivity index (χ3v) is 4.05. The summed E-state index contributed by atoms with van der Waals surface area (Å²) in [6.45, 7) is 1.03. The van der Waals surface area contributed by atoms with Crippen LogP contribution in [-0.4, -0.2) is 73.0 Å². The summed E-state index contributed by atoms with van der Waals surface area (Å²) in [6.07, 6.45) is -1.27. The Morgan fingerprint density at radius 1 is 1.56 bits per heavy atom. The van der Waals surface area contributed by atoms with Gasteiger partial charge >= 0.3 is 18.4 Å². The molecule has 0 radical (unpaired) electrons. The summed E-state index contributed by atoms with van der Waals surface area (Å²) < 4.78 is 36.6. The second-order valence-corrected chi connectivity index (χ2v) is 6.69. The number of fused-ring (bicyclic) bond motifs is 2. The number of hydrogen-bond donors (Lipinski definition) is 4. The topological polar surface area (TPSA) is 171 Å². The van der Waals surface area contributed by atoms with Crippen LogP contribution in [-0.2, 0) is 24.6 Å². The van der Waals surface area contributed by atoms with E-state index in [1.807, 2.05) is 4.72 Å². The van der Waals surface area contributed by atoms with Crippen molar-refractivity contribution in [1.82, 2.24) is 20.0 Å². The molecule has 14 heteroatoms. The smallest absolute Gasteiger partial charge is 0.368 e. The lowest BCUT2D eigenvalue weighted by Crippen LogP contribution is -2.52. The minimum Gasteiger partial charge on any atom is -0.477 e. The third-order valence-electron chi connectivity index (χ3n) is 3.50. The van der Waals surface area contributed by atoms with Gasteiger partial charge in [-0.25, -0.2) is 24.0 Å². The second kappa shape index (κ2) is 6.91. The van der Waals surface area contributed by atoms with Gasteiger partial charge in [-0.15, -0.1) is 0 Å². The number of carbonyl (C=O) groups is 3. The first-order chi connectivity index (χ1) is 11.5. The summed E-state index contributed by atoms with van der Waals surface area (Å²) in [5, 5.41) is 16.1. The highest BCUT2D eigenvalue weighted by Gasteiger charge is 2.48. The van der Waals surface area contributed by atoms with Crippen LogP contribution in [0.1, 0.15) is 6.92 Å². The van der Waals surface area contributed by atoms with Gasteiger partial charge in [0, 0.05) is 0 Å². The largest absolute Gasteiger partial charge is 0.477 e. The van der Waals surface area contributed by atoms with E-state index in [2.05, 4.69) is 10.2 Å². The highest BCUT2D eigenvalue weighted by molar-refractivity contribution is 7.87. The zero-order valence-corrected chi connectivity index (χ0v) is 13.7. The van der Waals surface area contributed by atoms with E-state index in [0.717, 1.165) is 4.90 Å². The first kappa shape index (κ1) is 19.0. The molecule has 0 aromatic heterocycles. The van der Waals surface area contributed by atoms with E-state index in [1.54, 1.807) is 0 Å². The summed E-state index contributed by atoms with van der Waals surface area (Å²) in [4.78, 5) is 40.6. The predicted octanol–water partition coefficient (Wildman–Crippen LogP) is -2.40. The third kappa shape index (κ3) is 4.22. The van der Waals surface area contributed by atoms with Crippen LogP contribution in [0.25, 0.3) is 0 Å². The number of aliphatic carboxylic acids is 1. The zero-order chi connectivity index (χ0) is 18.9. The molecule has 140 valence electrons. The van der Waals surface area contributed by atoms with Gasteiger partial charge in [0.25, 0.3) is 10.2 Å². The van der Waals surface area contributed by atoms with Gasteiger partial charge in [-0.05, 0) is 12.5 Å². The number of carbonyl (C=O) groups excluding carboxylic acids is 2. The molecule has 0 aromatic rings. The molecule has 3 amide bonds. The number of carboxylic acids is 1. The summed E-state index contributed by atoms with van der Waals surface area (Å²) in [6, 6.07) is -2.72. The average Bonchev–Trinajstić information content (AvgIpc) is 2.71. The van der Waals surface area contributed by atoms with Crippen molar-refractivity contribution in [3.8, 4) is 0 Å². The fourth-order valence-corrected chi connectivity index (χ4v) is 2.81. The Hall–Kier alpha value is -2.29. The van der Waals surface area contributed by atoms with Crippen molar-refractivity contribution in [3.63, 3.8) is 0 Å². The Kier molecular flexibility index (Phi) is 5.26. The standard InChI is InChI=1S/C11H16FN5O7S/c1-5-2-6-3-16(11(21)17(6)24-8(12)10(19)20)7(5)9(18)14-4-15-25(13,22)23/h2,6-8,15H,3-4H2,1H3,(H,14,18)(H,19,20)(H2,13,22,23)/t6-,7+,8-/m1/s1. The van der Waals surface area contributed by atoms with E-state index < -0.39 is 53.2 Å². The van der Waals surface area contributed by atoms with E-state index in [4.69, 9.17) is 10.2 Å². The van der Waals surface area contributed by atoms with Crippen molar-refractivity contribution >= 4 is 28.1 Å². The molecule has 2 rings (SSSR count).